The molecular formula is C23H25N5O5S. The summed E-state index contributed by atoms with van der Waals surface area (Å²) in [5, 5.41) is 0. The van der Waals surface area contributed by atoms with Crippen molar-refractivity contribution in [3.63, 3.8) is 0 Å². The molecule has 10 nitrogen and oxygen atoms in total. The largest absolute Gasteiger partial charge is 0.495 e. The molecule has 34 heavy (non-hydrogen) atoms. The van der Waals surface area contributed by atoms with Gasteiger partial charge in [-0.25, -0.2) is 18.4 Å². The number of amides is 1. The fraction of sp³-hybridized carbons (Fsp3) is 0.348. The van der Waals surface area contributed by atoms with Crippen LogP contribution in [0.1, 0.15) is 10.4 Å². The van der Waals surface area contributed by atoms with Crippen molar-refractivity contribution in [1.29, 1.82) is 0 Å². The number of fused-ring (bicyclic) bond motifs is 2. The lowest BCUT2D eigenvalue weighted by molar-refractivity contribution is 0.0729. The van der Waals surface area contributed by atoms with Crippen LogP contribution in [0, 0.1) is 0 Å². The molecule has 2 aliphatic rings. The minimum atomic E-state index is -3.87. The van der Waals surface area contributed by atoms with Crippen molar-refractivity contribution in [1.82, 2.24) is 14.3 Å². The zero-order valence-electron chi connectivity index (χ0n) is 19.0. The highest BCUT2D eigenvalue weighted by Crippen LogP contribution is 2.33. The summed E-state index contributed by atoms with van der Waals surface area (Å²) >= 11 is 0. The van der Waals surface area contributed by atoms with Crippen LogP contribution in [0.2, 0.25) is 0 Å². The molecule has 1 aromatic heterocycles. The van der Waals surface area contributed by atoms with Gasteiger partial charge < -0.3 is 14.4 Å². The number of anilines is 2. The van der Waals surface area contributed by atoms with E-state index in [9.17, 15) is 13.2 Å². The van der Waals surface area contributed by atoms with Gasteiger partial charge in [-0.2, -0.15) is 4.31 Å². The van der Waals surface area contributed by atoms with E-state index in [0.29, 0.717) is 43.5 Å². The van der Waals surface area contributed by atoms with Crippen LogP contribution in [-0.2, 0) is 14.8 Å². The Morgan fingerprint density at radius 1 is 0.971 bits per heavy atom. The minimum Gasteiger partial charge on any atom is -0.495 e. The fourth-order valence-electron chi connectivity index (χ4n) is 4.17. The maximum atomic E-state index is 13.6. The summed E-state index contributed by atoms with van der Waals surface area (Å²) in [7, 11) is -0.552. The monoisotopic (exact) mass is 483 g/mol. The summed E-state index contributed by atoms with van der Waals surface area (Å²) < 4.78 is 38.7. The summed E-state index contributed by atoms with van der Waals surface area (Å²) in [5.41, 5.74) is 1.66. The minimum absolute atomic E-state index is 0.0401. The number of methoxy groups -OCH3 is 1. The lowest BCUT2D eigenvalue weighted by Gasteiger charge is -2.34. The molecule has 2 aliphatic heterocycles. The Morgan fingerprint density at radius 3 is 2.32 bits per heavy atom. The molecule has 0 atom stereocenters. The van der Waals surface area contributed by atoms with E-state index < -0.39 is 10.0 Å². The third-order valence-corrected chi connectivity index (χ3v) is 7.97. The van der Waals surface area contributed by atoms with E-state index in [1.165, 1.54) is 23.5 Å². The third-order valence-electron chi connectivity index (χ3n) is 6.05. The number of morpholine rings is 1. The van der Waals surface area contributed by atoms with Crippen LogP contribution >= 0.6 is 0 Å². The Balaban J connectivity index is 1.55. The van der Waals surface area contributed by atoms with Gasteiger partial charge in [0.2, 0.25) is 10.0 Å². The van der Waals surface area contributed by atoms with Gasteiger partial charge in [-0.3, -0.25) is 9.69 Å². The van der Waals surface area contributed by atoms with Gasteiger partial charge in [-0.05, 0) is 30.3 Å². The highest BCUT2D eigenvalue weighted by Gasteiger charge is 2.33. The second-order valence-electron chi connectivity index (χ2n) is 8.12. The summed E-state index contributed by atoms with van der Waals surface area (Å²) in [4.78, 5) is 26.5. The van der Waals surface area contributed by atoms with Gasteiger partial charge in [0.05, 0.1) is 31.4 Å². The number of carbonyl (C=O) groups is 1. The summed E-state index contributed by atoms with van der Waals surface area (Å²) in [6, 6.07) is 12.0. The number of hydrogen-bond donors (Lipinski definition) is 0. The Hall–Kier alpha value is -3.28. The third kappa shape index (κ3) is 3.85. The predicted molar refractivity (Wildman–Crippen MR) is 127 cm³/mol. The van der Waals surface area contributed by atoms with E-state index in [4.69, 9.17) is 19.4 Å². The molecule has 1 amide bonds. The number of nitrogens with zero attached hydrogens (tertiary/aromatic N) is 5. The van der Waals surface area contributed by atoms with Crippen molar-refractivity contribution >= 4 is 38.6 Å². The van der Waals surface area contributed by atoms with Crippen molar-refractivity contribution in [2.24, 2.45) is 0 Å². The number of ether oxygens (including phenoxy) is 2. The molecule has 0 saturated carbocycles. The Bertz CT molecular complexity index is 1360. The maximum absolute atomic E-state index is 13.6. The van der Waals surface area contributed by atoms with Crippen LogP contribution in [0.5, 0.6) is 5.75 Å². The summed E-state index contributed by atoms with van der Waals surface area (Å²) in [6.45, 7) is 2.11. The number of likely N-dealkylation sites (N-methyl/N-ethyl adjacent to an activating group) is 1. The molecule has 3 heterocycles. The molecule has 0 N–H and O–H groups in total. The molecule has 1 fully saturated rings. The second-order valence-corrected chi connectivity index (χ2v) is 10.0. The smallest absolute Gasteiger partial charge is 0.259 e. The van der Waals surface area contributed by atoms with E-state index in [1.54, 1.807) is 11.0 Å². The number of rotatable bonds is 4. The highest BCUT2D eigenvalue weighted by atomic mass is 32.2. The van der Waals surface area contributed by atoms with E-state index in [2.05, 4.69) is 0 Å². The Kier molecular flexibility index (Phi) is 5.84. The van der Waals surface area contributed by atoms with E-state index in [1.807, 2.05) is 36.2 Å². The van der Waals surface area contributed by atoms with E-state index in [0.717, 1.165) is 5.52 Å². The quantitative estimate of drug-likeness (QED) is 0.553. The Labute approximate surface area is 197 Å². The van der Waals surface area contributed by atoms with Crippen molar-refractivity contribution in [2.75, 3.05) is 63.4 Å². The zero-order valence-corrected chi connectivity index (χ0v) is 19.8. The van der Waals surface area contributed by atoms with Gasteiger partial charge >= 0.3 is 0 Å². The molecule has 178 valence electrons. The topological polar surface area (TPSA) is 105 Å². The zero-order chi connectivity index (χ0) is 23.9. The van der Waals surface area contributed by atoms with Gasteiger partial charge in [-0.15, -0.1) is 0 Å². The molecule has 5 rings (SSSR count). The molecule has 3 aromatic rings. The van der Waals surface area contributed by atoms with E-state index >= 15 is 0 Å². The Morgan fingerprint density at radius 2 is 1.65 bits per heavy atom. The summed E-state index contributed by atoms with van der Waals surface area (Å²) in [6.07, 6.45) is 0. The molecule has 0 bridgehead atoms. The SMILES string of the molecule is COc1ccc(C(=O)N2CCN(C)c3nc4ccccc4nc32)cc1S(=O)(=O)N1CCOCC1. The highest BCUT2D eigenvalue weighted by molar-refractivity contribution is 7.89. The lowest BCUT2D eigenvalue weighted by Crippen LogP contribution is -2.44. The van der Waals surface area contributed by atoms with E-state index in [-0.39, 0.29) is 35.2 Å². The molecule has 0 aliphatic carbocycles. The fourth-order valence-corrected chi connectivity index (χ4v) is 5.76. The number of para-hydroxylation sites is 2. The average molecular weight is 484 g/mol. The number of sulfonamides is 1. The van der Waals surface area contributed by atoms with Crippen LogP contribution < -0.4 is 14.5 Å². The van der Waals surface area contributed by atoms with Gasteiger partial charge in [0, 0.05) is 38.8 Å². The standard InChI is InChI=1S/C23H25N5O5S/c1-26-9-10-28(22-21(26)24-17-5-3-4-6-18(17)25-22)23(29)16-7-8-19(32-2)20(15-16)34(30,31)27-11-13-33-14-12-27/h3-8,15H,9-14H2,1-2H3. The first-order valence-corrected chi connectivity index (χ1v) is 12.4. The number of hydrogen-bond acceptors (Lipinski definition) is 8. The normalized spacial score (nSPS) is 17.0. The van der Waals surface area contributed by atoms with Gasteiger partial charge in [0.1, 0.15) is 10.6 Å². The average Bonchev–Trinajstić information content (AvgIpc) is 2.88. The van der Waals surface area contributed by atoms with Crippen molar-refractivity contribution in [3.05, 3.63) is 48.0 Å². The molecule has 1 saturated heterocycles. The number of benzene rings is 2. The second kappa shape index (κ2) is 8.82. The van der Waals surface area contributed by atoms with Crippen LogP contribution in [-0.4, -0.2) is 82.1 Å². The first-order valence-electron chi connectivity index (χ1n) is 11.0. The van der Waals surface area contributed by atoms with Crippen LogP contribution in [0.25, 0.3) is 11.0 Å². The predicted octanol–water partition coefficient (Wildman–Crippen LogP) is 1.76. The number of aromatic nitrogens is 2. The van der Waals surface area contributed by atoms with Crippen LogP contribution in [0.15, 0.2) is 47.4 Å². The molecule has 0 spiro atoms. The lowest BCUT2D eigenvalue weighted by atomic mass is 10.1. The first kappa shape index (κ1) is 22.5. The maximum Gasteiger partial charge on any atom is 0.259 e. The molecule has 0 unspecified atom stereocenters. The molecule has 2 aromatic carbocycles. The van der Waals surface area contributed by atoms with Crippen molar-refractivity contribution in [2.45, 2.75) is 4.90 Å². The first-order chi connectivity index (χ1) is 16.4. The van der Waals surface area contributed by atoms with Gasteiger partial charge in [0.15, 0.2) is 11.6 Å². The van der Waals surface area contributed by atoms with Crippen molar-refractivity contribution in [3.8, 4) is 5.75 Å². The number of carbonyl (C=O) groups excluding carboxylic acids is 1. The van der Waals surface area contributed by atoms with Crippen LogP contribution in [0.4, 0.5) is 11.6 Å². The van der Waals surface area contributed by atoms with Gasteiger partial charge in [0.25, 0.3) is 5.91 Å². The molecule has 11 heteroatoms. The molecular weight excluding hydrogens is 458 g/mol. The van der Waals surface area contributed by atoms with Gasteiger partial charge in [-0.1, -0.05) is 12.1 Å². The van der Waals surface area contributed by atoms with Crippen LogP contribution in [0.3, 0.4) is 0 Å². The molecule has 0 radical (unpaired) electrons. The summed E-state index contributed by atoms with van der Waals surface area (Å²) in [5.74, 6) is 0.895. The van der Waals surface area contributed by atoms with Crippen molar-refractivity contribution < 1.29 is 22.7 Å².